The molecule has 4 nitrogen and oxygen atoms in total. The van der Waals surface area contributed by atoms with E-state index in [1.165, 1.54) is 0 Å². The highest BCUT2D eigenvalue weighted by atomic mass is 16.4. The van der Waals surface area contributed by atoms with Gasteiger partial charge in [0.05, 0.1) is 5.92 Å². The van der Waals surface area contributed by atoms with Crippen LogP contribution >= 0.6 is 0 Å². The Morgan fingerprint density at radius 3 is 3.12 bits per heavy atom. The summed E-state index contributed by atoms with van der Waals surface area (Å²) >= 11 is 0. The Morgan fingerprint density at radius 1 is 1.59 bits per heavy atom. The highest BCUT2D eigenvalue weighted by Gasteiger charge is 2.33. The van der Waals surface area contributed by atoms with E-state index in [1.807, 2.05) is 12.4 Å². The Morgan fingerprint density at radius 2 is 2.41 bits per heavy atom. The molecule has 4 heteroatoms. The minimum absolute atomic E-state index is 0.165. The summed E-state index contributed by atoms with van der Waals surface area (Å²) in [5, 5.41) is 9.16. The normalized spacial score (nSPS) is 24.1. The van der Waals surface area contributed by atoms with Gasteiger partial charge in [0.25, 0.3) is 0 Å². The fraction of sp³-hybridized carbons (Fsp3) is 0.692. The van der Waals surface area contributed by atoms with Crippen LogP contribution in [-0.2, 0) is 17.8 Å². The number of carbonyl (C=O) groups is 1. The van der Waals surface area contributed by atoms with Crippen LogP contribution in [0.5, 0.6) is 0 Å². The van der Waals surface area contributed by atoms with E-state index < -0.39 is 5.97 Å². The molecule has 2 atom stereocenters. The Bertz CT molecular complexity index is 387. The first-order valence-electron chi connectivity index (χ1n) is 6.45. The van der Waals surface area contributed by atoms with Crippen molar-refractivity contribution in [2.45, 2.75) is 45.6 Å². The fourth-order valence-electron chi connectivity index (χ4n) is 2.82. The number of nitrogens with zero attached hydrogens (tertiary/aromatic N) is 2. The maximum Gasteiger partial charge on any atom is 0.306 e. The van der Waals surface area contributed by atoms with Gasteiger partial charge in [-0.25, -0.2) is 4.98 Å². The number of aryl methyl sites for hydroxylation is 1. The van der Waals surface area contributed by atoms with Crippen LogP contribution in [0.1, 0.15) is 38.4 Å². The lowest BCUT2D eigenvalue weighted by molar-refractivity contribution is -0.142. The molecule has 1 aliphatic carbocycles. The van der Waals surface area contributed by atoms with Crippen LogP contribution in [-0.4, -0.2) is 20.6 Å². The van der Waals surface area contributed by atoms with E-state index in [4.69, 9.17) is 5.11 Å². The average Bonchev–Trinajstić information content (AvgIpc) is 2.89. The zero-order valence-electron chi connectivity index (χ0n) is 10.3. The predicted molar refractivity (Wildman–Crippen MR) is 64.7 cm³/mol. The summed E-state index contributed by atoms with van der Waals surface area (Å²) in [5.74, 6) is 0.512. The van der Waals surface area contributed by atoms with Crippen LogP contribution in [0.3, 0.4) is 0 Å². The second-order valence-corrected chi connectivity index (χ2v) is 4.88. The fourth-order valence-corrected chi connectivity index (χ4v) is 2.82. The number of hydrogen-bond acceptors (Lipinski definition) is 2. The number of hydrogen-bond donors (Lipinski definition) is 1. The summed E-state index contributed by atoms with van der Waals surface area (Å²) in [6.07, 6.45) is 8.58. The lowest BCUT2D eigenvalue weighted by atomic mass is 9.93. The highest BCUT2D eigenvalue weighted by Crippen LogP contribution is 2.34. The topological polar surface area (TPSA) is 55.1 Å². The van der Waals surface area contributed by atoms with Crippen LogP contribution < -0.4 is 0 Å². The lowest BCUT2D eigenvalue weighted by Crippen LogP contribution is -2.21. The van der Waals surface area contributed by atoms with E-state index in [2.05, 4.69) is 16.5 Å². The summed E-state index contributed by atoms with van der Waals surface area (Å²) < 4.78 is 2.15. The molecule has 1 N–H and O–H groups in total. The van der Waals surface area contributed by atoms with E-state index in [0.717, 1.165) is 44.5 Å². The molecular formula is C13H20N2O2. The Balaban J connectivity index is 2.04. The summed E-state index contributed by atoms with van der Waals surface area (Å²) in [6.45, 7) is 3.11. The standard InChI is InChI=1S/C13H20N2O2/c1-2-7-15-8-6-14-12(15)9-10-4-3-5-11(10)13(16)17/h6,8,10-11H,2-5,7,9H2,1H3,(H,16,17). The molecule has 94 valence electrons. The van der Waals surface area contributed by atoms with Gasteiger partial charge >= 0.3 is 5.97 Å². The first-order valence-corrected chi connectivity index (χ1v) is 6.45. The third-order valence-corrected chi connectivity index (χ3v) is 3.69. The zero-order valence-corrected chi connectivity index (χ0v) is 10.3. The number of aliphatic carboxylic acids is 1. The van der Waals surface area contributed by atoms with Gasteiger partial charge < -0.3 is 9.67 Å². The van der Waals surface area contributed by atoms with Gasteiger partial charge in [-0.15, -0.1) is 0 Å². The minimum Gasteiger partial charge on any atom is -0.481 e. The number of aromatic nitrogens is 2. The average molecular weight is 236 g/mol. The minimum atomic E-state index is -0.638. The van der Waals surface area contributed by atoms with Crippen LogP contribution in [0.25, 0.3) is 0 Å². The molecule has 1 aliphatic rings. The third kappa shape index (κ3) is 2.68. The second kappa shape index (κ2) is 5.34. The first kappa shape index (κ1) is 12.1. The molecule has 0 radical (unpaired) electrons. The van der Waals surface area contributed by atoms with Crippen molar-refractivity contribution in [3.05, 3.63) is 18.2 Å². The summed E-state index contributed by atoms with van der Waals surface area (Å²) in [6, 6.07) is 0. The molecule has 0 bridgehead atoms. The Kier molecular flexibility index (Phi) is 3.82. The van der Waals surface area contributed by atoms with Gasteiger partial charge in [-0.1, -0.05) is 13.3 Å². The number of imidazole rings is 1. The van der Waals surface area contributed by atoms with Gasteiger partial charge in [0.2, 0.25) is 0 Å². The predicted octanol–water partition coefficient (Wildman–Crippen LogP) is 2.34. The largest absolute Gasteiger partial charge is 0.481 e. The van der Waals surface area contributed by atoms with Crippen molar-refractivity contribution < 1.29 is 9.90 Å². The molecule has 0 aromatic carbocycles. The zero-order chi connectivity index (χ0) is 12.3. The van der Waals surface area contributed by atoms with Gasteiger partial charge in [-0.3, -0.25) is 4.79 Å². The van der Waals surface area contributed by atoms with Crippen molar-refractivity contribution in [2.75, 3.05) is 0 Å². The quantitative estimate of drug-likeness (QED) is 0.853. The molecule has 1 aromatic rings. The number of rotatable bonds is 5. The second-order valence-electron chi connectivity index (χ2n) is 4.88. The van der Waals surface area contributed by atoms with Crippen molar-refractivity contribution in [1.82, 2.24) is 9.55 Å². The molecule has 0 saturated heterocycles. The van der Waals surface area contributed by atoms with Crippen LogP contribution in [0.2, 0.25) is 0 Å². The third-order valence-electron chi connectivity index (χ3n) is 3.69. The molecule has 2 unspecified atom stereocenters. The van der Waals surface area contributed by atoms with Crippen molar-refractivity contribution in [3.8, 4) is 0 Å². The van der Waals surface area contributed by atoms with Crippen molar-refractivity contribution in [1.29, 1.82) is 0 Å². The van der Waals surface area contributed by atoms with E-state index in [-0.39, 0.29) is 11.8 Å². The molecule has 17 heavy (non-hydrogen) atoms. The summed E-state index contributed by atoms with van der Waals surface area (Å²) in [5.41, 5.74) is 0. The van der Waals surface area contributed by atoms with Gasteiger partial charge in [0, 0.05) is 25.4 Å². The Labute approximate surface area is 102 Å². The van der Waals surface area contributed by atoms with Gasteiger partial charge in [0.1, 0.15) is 5.82 Å². The highest BCUT2D eigenvalue weighted by molar-refractivity contribution is 5.70. The number of carboxylic acids is 1. The van der Waals surface area contributed by atoms with Gasteiger partial charge in [-0.05, 0) is 25.2 Å². The molecular weight excluding hydrogens is 216 g/mol. The first-order chi connectivity index (χ1) is 8.22. The van der Waals surface area contributed by atoms with E-state index in [0.29, 0.717) is 0 Å². The summed E-state index contributed by atoms with van der Waals surface area (Å²) in [4.78, 5) is 15.5. The smallest absolute Gasteiger partial charge is 0.306 e. The molecule has 1 saturated carbocycles. The van der Waals surface area contributed by atoms with Crippen LogP contribution in [0.15, 0.2) is 12.4 Å². The van der Waals surface area contributed by atoms with Crippen LogP contribution in [0.4, 0.5) is 0 Å². The Hall–Kier alpha value is -1.32. The van der Waals surface area contributed by atoms with E-state index >= 15 is 0 Å². The molecule has 1 heterocycles. The van der Waals surface area contributed by atoms with Crippen LogP contribution in [0, 0.1) is 11.8 Å². The number of carboxylic acid groups (broad SMARTS) is 1. The molecule has 0 aliphatic heterocycles. The SMILES string of the molecule is CCCn1ccnc1CC1CCCC1C(=O)O. The van der Waals surface area contributed by atoms with Gasteiger partial charge in [-0.2, -0.15) is 0 Å². The van der Waals surface area contributed by atoms with Crippen molar-refractivity contribution in [2.24, 2.45) is 11.8 Å². The van der Waals surface area contributed by atoms with Crippen molar-refractivity contribution >= 4 is 5.97 Å². The molecule has 0 amide bonds. The monoisotopic (exact) mass is 236 g/mol. The molecule has 1 aromatic heterocycles. The summed E-state index contributed by atoms with van der Waals surface area (Å²) in [7, 11) is 0. The molecule has 1 fully saturated rings. The maximum atomic E-state index is 11.1. The van der Waals surface area contributed by atoms with Gasteiger partial charge in [0.15, 0.2) is 0 Å². The van der Waals surface area contributed by atoms with E-state index in [1.54, 1.807) is 0 Å². The lowest BCUT2D eigenvalue weighted by Gasteiger charge is -2.16. The van der Waals surface area contributed by atoms with Crippen molar-refractivity contribution in [3.63, 3.8) is 0 Å². The van der Waals surface area contributed by atoms with E-state index in [9.17, 15) is 4.79 Å². The maximum absolute atomic E-state index is 11.1. The molecule has 0 spiro atoms. The molecule has 2 rings (SSSR count).